The van der Waals surface area contributed by atoms with Crippen LogP contribution in [0.1, 0.15) is 26.7 Å². The molecule has 0 fully saturated rings. The molecule has 0 aliphatic rings. The molecular weight excluding hydrogens is 268 g/mol. The maximum absolute atomic E-state index is 3.51. The highest BCUT2D eigenvalue weighted by Gasteiger charge is 2.07. The fourth-order valence-electron chi connectivity index (χ4n) is 2.47. The van der Waals surface area contributed by atoms with E-state index in [2.05, 4.69) is 85.1 Å². The lowest BCUT2D eigenvalue weighted by molar-refractivity contribution is 0.454. The van der Waals surface area contributed by atoms with Gasteiger partial charge in [-0.2, -0.15) is 0 Å². The number of nitrogens with one attached hydrogen (secondary N) is 2. The molecule has 0 aliphatic heterocycles. The molecule has 0 amide bonds. The van der Waals surface area contributed by atoms with E-state index in [9.17, 15) is 0 Å². The van der Waals surface area contributed by atoms with Gasteiger partial charge in [0.25, 0.3) is 0 Å². The summed E-state index contributed by atoms with van der Waals surface area (Å²) in [5, 5.41) is 7.02. The van der Waals surface area contributed by atoms with Gasteiger partial charge >= 0.3 is 0 Å². The van der Waals surface area contributed by atoms with Gasteiger partial charge in [-0.25, -0.2) is 0 Å². The van der Waals surface area contributed by atoms with Crippen LogP contribution in [0.5, 0.6) is 0 Å². The van der Waals surface area contributed by atoms with Crippen LogP contribution < -0.4 is 10.6 Å². The van der Waals surface area contributed by atoms with Gasteiger partial charge in [0.2, 0.25) is 0 Å². The third kappa shape index (κ3) is 6.21. The predicted octanol–water partition coefficient (Wildman–Crippen LogP) is 5.26. The average molecular weight is 296 g/mol. The topological polar surface area (TPSA) is 24.1 Å². The van der Waals surface area contributed by atoms with Gasteiger partial charge < -0.3 is 10.6 Å². The molecule has 118 valence electrons. The summed E-state index contributed by atoms with van der Waals surface area (Å²) in [7, 11) is 0. The second-order valence-corrected chi connectivity index (χ2v) is 6.28. The Bertz CT molecular complexity index is 460. The fraction of sp³-hybridized carbons (Fsp3) is 0.400. The molecule has 0 aromatic heterocycles. The summed E-state index contributed by atoms with van der Waals surface area (Å²) in [4.78, 5) is 0. The maximum Gasteiger partial charge on any atom is 0.0340 e. The van der Waals surface area contributed by atoms with Crippen LogP contribution in [0, 0.1) is 11.8 Å². The zero-order valence-corrected chi connectivity index (χ0v) is 13.8. The molecule has 2 nitrogen and oxygen atoms in total. The third-order valence-corrected chi connectivity index (χ3v) is 4.01. The molecule has 2 aromatic rings. The summed E-state index contributed by atoms with van der Waals surface area (Å²) in [5.74, 6) is 1.39. The zero-order chi connectivity index (χ0) is 15.6. The molecule has 0 aliphatic carbocycles. The summed E-state index contributed by atoms with van der Waals surface area (Å²) >= 11 is 0. The normalized spacial score (nSPS) is 13.4. The molecule has 0 spiro atoms. The number of para-hydroxylation sites is 2. The number of rotatable bonds is 9. The van der Waals surface area contributed by atoms with Crippen molar-refractivity contribution in [2.45, 2.75) is 26.7 Å². The summed E-state index contributed by atoms with van der Waals surface area (Å²) in [5.41, 5.74) is 2.43. The Balaban J connectivity index is 1.60. The average Bonchev–Trinajstić information content (AvgIpc) is 2.58. The highest BCUT2D eigenvalue weighted by atomic mass is 14.9. The van der Waals surface area contributed by atoms with Crippen molar-refractivity contribution in [3.63, 3.8) is 0 Å². The van der Waals surface area contributed by atoms with E-state index in [0.717, 1.165) is 13.1 Å². The van der Waals surface area contributed by atoms with Crippen molar-refractivity contribution < 1.29 is 0 Å². The molecular formula is C20H28N2. The van der Waals surface area contributed by atoms with E-state index in [1.54, 1.807) is 0 Å². The summed E-state index contributed by atoms with van der Waals surface area (Å²) in [6.07, 6.45) is 2.52. The fourth-order valence-corrected chi connectivity index (χ4v) is 2.47. The quantitative estimate of drug-likeness (QED) is 0.659. The van der Waals surface area contributed by atoms with Crippen molar-refractivity contribution in [2.24, 2.45) is 11.8 Å². The molecule has 2 N–H and O–H groups in total. The van der Waals surface area contributed by atoms with Crippen molar-refractivity contribution in [3.05, 3.63) is 60.7 Å². The van der Waals surface area contributed by atoms with Gasteiger partial charge in [-0.3, -0.25) is 0 Å². The van der Waals surface area contributed by atoms with Crippen LogP contribution in [0.3, 0.4) is 0 Å². The van der Waals surface area contributed by atoms with Crippen LogP contribution in [0.25, 0.3) is 0 Å². The first kappa shape index (κ1) is 16.4. The highest BCUT2D eigenvalue weighted by molar-refractivity contribution is 5.43. The Hall–Kier alpha value is -1.96. The van der Waals surface area contributed by atoms with E-state index < -0.39 is 0 Å². The molecule has 2 aromatic carbocycles. The molecule has 0 bridgehead atoms. The van der Waals surface area contributed by atoms with Crippen LogP contribution in [0.15, 0.2) is 60.7 Å². The van der Waals surface area contributed by atoms with Crippen molar-refractivity contribution >= 4 is 11.4 Å². The smallest absolute Gasteiger partial charge is 0.0340 e. The van der Waals surface area contributed by atoms with Crippen LogP contribution >= 0.6 is 0 Å². The standard InChI is InChI=1S/C20H28N2/c1-17(15-21-19-9-5-3-6-10-19)13-14-18(2)16-22-20-11-7-4-8-12-20/h3-12,17-18,21-22H,13-16H2,1-2H3. The maximum atomic E-state index is 3.51. The van der Waals surface area contributed by atoms with Gasteiger partial charge in [0.05, 0.1) is 0 Å². The minimum Gasteiger partial charge on any atom is -0.385 e. The molecule has 0 radical (unpaired) electrons. The monoisotopic (exact) mass is 296 g/mol. The lowest BCUT2D eigenvalue weighted by Crippen LogP contribution is -2.15. The second kappa shape index (κ2) is 9.14. The lowest BCUT2D eigenvalue weighted by Gasteiger charge is -2.17. The predicted molar refractivity (Wildman–Crippen MR) is 97.4 cm³/mol. The zero-order valence-electron chi connectivity index (χ0n) is 13.8. The summed E-state index contributed by atoms with van der Waals surface area (Å²) in [6, 6.07) is 20.9. The van der Waals surface area contributed by atoms with E-state index in [-0.39, 0.29) is 0 Å². The van der Waals surface area contributed by atoms with Crippen LogP contribution in [-0.4, -0.2) is 13.1 Å². The van der Waals surface area contributed by atoms with Gasteiger partial charge in [0.15, 0.2) is 0 Å². The molecule has 0 saturated heterocycles. The highest BCUT2D eigenvalue weighted by Crippen LogP contribution is 2.15. The Kier molecular flexibility index (Phi) is 6.82. The Morgan fingerprint density at radius 3 is 1.36 bits per heavy atom. The van der Waals surface area contributed by atoms with Crippen LogP contribution in [0.2, 0.25) is 0 Å². The molecule has 2 unspecified atom stereocenters. The number of anilines is 2. The Morgan fingerprint density at radius 1 is 0.636 bits per heavy atom. The van der Waals surface area contributed by atoms with E-state index in [1.165, 1.54) is 24.2 Å². The Labute approximate surface area is 135 Å². The largest absolute Gasteiger partial charge is 0.385 e. The second-order valence-electron chi connectivity index (χ2n) is 6.28. The number of hydrogen-bond donors (Lipinski definition) is 2. The van der Waals surface area contributed by atoms with E-state index >= 15 is 0 Å². The van der Waals surface area contributed by atoms with Crippen molar-refractivity contribution in [1.29, 1.82) is 0 Å². The first-order valence-electron chi connectivity index (χ1n) is 8.32. The van der Waals surface area contributed by atoms with Crippen LogP contribution in [-0.2, 0) is 0 Å². The molecule has 2 heteroatoms. The summed E-state index contributed by atoms with van der Waals surface area (Å²) < 4.78 is 0. The molecule has 2 atom stereocenters. The molecule has 0 heterocycles. The van der Waals surface area contributed by atoms with Crippen molar-refractivity contribution in [3.8, 4) is 0 Å². The minimum absolute atomic E-state index is 0.694. The van der Waals surface area contributed by atoms with Crippen LogP contribution in [0.4, 0.5) is 11.4 Å². The van der Waals surface area contributed by atoms with Gasteiger partial charge in [-0.1, -0.05) is 50.2 Å². The van der Waals surface area contributed by atoms with Gasteiger partial charge in [-0.15, -0.1) is 0 Å². The van der Waals surface area contributed by atoms with E-state index in [4.69, 9.17) is 0 Å². The SMILES string of the molecule is CC(CCC(C)CNc1ccccc1)CNc1ccccc1. The molecule has 2 rings (SSSR count). The van der Waals surface area contributed by atoms with Gasteiger partial charge in [0, 0.05) is 24.5 Å². The molecule has 0 saturated carbocycles. The summed E-state index contributed by atoms with van der Waals surface area (Å²) in [6.45, 7) is 6.74. The van der Waals surface area contributed by atoms with Gasteiger partial charge in [-0.05, 0) is 48.9 Å². The first-order valence-corrected chi connectivity index (χ1v) is 8.32. The first-order chi connectivity index (χ1) is 10.7. The van der Waals surface area contributed by atoms with Crippen molar-refractivity contribution in [1.82, 2.24) is 0 Å². The lowest BCUT2D eigenvalue weighted by atomic mass is 9.98. The number of benzene rings is 2. The molecule has 22 heavy (non-hydrogen) atoms. The number of hydrogen-bond acceptors (Lipinski definition) is 2. The van der Waals surface area contributed by atoms with Gasteiger partial charge in [0.1, 0.15) is 0 Å². The van der Waals surface area contributed by atoms with Crippen molar-refractivity contribution in [2.75, 3.05) is 23.7 Å². The van der Waals surface area contributed by atoms with E-state index in [0.29, 0.717) is 11.8 Å². The third-order valence-electron chi connectivity index (χ3n) is 4.01. The Morgan fingerprint density at radius 2 is 1.00 bits per heavy atom. The minimum atomic E-state index is 0.694. The van der Waals surface area contributed by atoms with E-state index in [1.807, 2.05) is 0 Å².